The van der Waals surface area contributed by atoms with Crippen LogP contribution in [0.15, 0.2) is 22.5 Å². The molecular weight excluding hydrogens is 268 g/mol. The Balaban J connectivity index is 2.10. The standard InChI is InChI=1S/C15H28N4S/c1-13(2)19(4)10-6-5-9-17-15(16-3)18-12-14-8-7-11-20-14/h7-8,11,13H,5-6,9-10,12H2,1-4H3,(H2,16,17,18). The van der Waals surface area contributed by atoms with E-state index in [1.807, 2.05) is 7.05 Å². The van der Waals surface area contributed by atoms with Crippen LogP contribution in [0.4, 0.5) is 0 Å². The van der Waals surface area contributed by atoms with Gasteiger partial charge in [-0.05, 0) is 51.7 Å². The van der Waals surface area contributed by atoms with E-state index < -0.39 is 0 Å². The molecule has 0 aliphatic carbocycles. The van der Waals surface area contributed by atoms with E-state index in [9.17, 15) is 0 Å². The molecule has 5 heteroatoms. The number of hydrogen-bond acceptors (Lipinski definition) is 3. The van der Waals surface area contributed by atoms with Crippen LogP contribution in [-0.2, 0) is 6.54 Å². The van der Waals surface area contributed by atoms with Crippen LogP contribution in [0.2, 0.25) is 0 Å². The summed E-state index contributed by atoms with van der Waals surface area (Å²) < 4.78 is 0. The van der Waals surface area contributed by atoms with Crippen molar-refractivity contribution in [3.8, 4) is 0 Å². The number of aliphatic imine (C=N–C) groups is 1. The molecule has 114 valence electrons. The van der Waals surface area contributed by atoms with E-state index in [1.54, 1.807) is 11.3 Å². The zero-order chi connectivity index (χ0) is 14.8. The van der Waals surface area contributed by atoms with Crippen LogP contribution >= 0.6 is 11.3 Å². The summed E-state index contributed by atoms with van der Waals surface area (Å²) in [7, 11) is 4.00. The van der Waals surface area contributed by atoms with Gasteiger partial charge in [0, 0.05) is 24.5 Å². The molecule has 0 saturated heterocycles. The van der Waals surface area contributed by atoms with Crippen molar-refractivity contribution in [1.82, 2.24) is 15.5 Å². The lowest BCUT2D eigenvalue weighted by Gasteiger charge is -2.20. The Bertz CT molecular complexity index is 373. The van der Waals surface area contributed by atoms with Gasteiger partial charge in [-0.15, -0.1) is 11.3 Å². The molecule has 0 aliphatic rings. The maximum atomic E-state index is 4.24. The van der Waals surface area contributed by atoms with E-state index in [0.717, 1.165) is 32.0 Å². The average molecular weight is 296 g/mol. The van der Waals surface area contributed by atoms with Gasteiger partial charge >= 0.3 is 0 Å². The van der Waals surface area contributed by atoms with Gasteiger partial charge in [-0.2, -0.15) is 0 Å². The molecule has 2 N–H and O–H groups in total. The lowest BCUT2D eigenvalue weighted by molar-refractivity contribution is 0.268. The zero-order valence-corrected chi connectivity index (χ0v) is 14.0. The second kappa shape index (κ2) is 9.77. The first-order valence-corrected chi connectivity index (χ1v) is 8.18. The van der Waals surface area contributed by atoms with Gasteiger partial charge in [-0.25, -0.2) is 0 Å². The van der Waals surface area contributed by atoms with Crippen LogP contribution < -0.4 is 10.6 Å². The average Bonchev–Trinajstić information content (AvgIpc) is 2.94. The van der Waals surface area contributed by atoms with Gasteiger partial charge in [0.1, 0.15) is 0 Å². The minimum absolute atomic E-state index is 0.628. The molecule has 0 unspecified atom stereocenters. The van der Waals surface area contributed by atoms with Gasteiger partial charge < -0.3 is 15.5 Å². The number of thiophene rings is 1. The topological polar surface area (TPSA) is 39.7 Å². The molecule has 0 aromatic carbocycles. The molecular formula is C15H28N4S. The molecule has 1 rings (SSSR count). The fourth-order valence-corrected chi connectivity index (χ4v) is 2.40. The summed E-state index contributed by atoms with van der Waals surface area (Å²) in [5.74, 6) is 0.885. The minimum atomic E-state index is 0.628. The Hall–Kier alpha value is -1.07. The Kier molecular flexibility index (Phi) is 8.30. The quantitative estimate of drug-likeness (QED) is 0.440. The first-order valence-electron chi connectivity index (χ1n) is 7.30. The van der Waals surface area contributed by atoms with Crippen molar-refractivity contribution in [2.24, 2.45) is 4.99 Å². The molecule has 1 heterocycles. The maximum Gasteiger partial charge on any atom is 0.191 e. The van der Waals surface area contributed by atoms with Crippen molar-refractivity contribution in [2.45, 2.75) is 39.3 Å². The second-order valence-electron chi connectivity index (χ2n) is 5.21. The van der Waals surface area contributed by atoms with Crippen molar-refractivity contribution in [3.63, 3.8) is 0 Å². The molecule has 1 aromatic rings. The van der Waals surface area contributed by atoms with E-state index in [1.165, 1.54) is 11.3 Å². The molecule has 0 atom stereocenters. The summed E-state index contributed by atoms with van der Waals surface area (Å²) in [6, 6.07) is 4.83. The van der Waals surface area contributed by atoms with Gasteiger partial charge in [0.15, 0.2) is 5.96 Å². The van der Waals surface area contributed by atoms with Crippen LogP contribution in [0, 0.1) is 0 Å². The third-order valence-electron chi connectivity index (χ3n) is 3.35. The van der Waals surface area contributed by atoms with E-state index in [-0.39, 0.29) is 0 Å². The van der Waals surface area contributed by atoms with Crippen molar-refractivity contribution in [2.75, 3.05) is 27.2 Å². The lowest BCUT2D eigenvalue weighted by Crippen LogP contribution is -2.37. The molecule has 0 fully saturated rings. The Labute approximate surface area is 127 Å². The van der Waals surface area contributed by atoms with Gasteiger partial charge in [0.2, 0.25) is 0 Å². The van der Waals surface area contributed by atoms with Crippen LogP contribution in [-0.4, -0.2) is 44.1 Å². The Morgan fingerprint density at radius 2 is 2.15 bits per heavy atom. The van der Waals surface area contributed by atoms with Crippen molar-refractivity contribution < 1.29 is 0 Å². The molecule has 0 bridgehead atoms. The molecule has 0 aliphatic heterocycles. The molecule has 0 saturated carbocycles. The second-order valence-corrected chi connectivity index (χ2v) is 6.25. The SMILES string of the molecule is CN=C(NCCCCN(C)C(C)C)NCc1cccs1. The summed E-state index contributed by atoms with van der Waals surface area (Å²) in [5, 5.41) is 8.78. The normalized spacial score (nSPS) is 12.2. The number of rotatable bonds is 8. The minimum Gasteiger partial charge on any atom is -0.356 e. The molecule has 4 nitrogen and oxygen atoms in total. The van der Waals surface area contributed by atoms with Crippen LogP contribution in [0.25, 0.3) is 0 Å². The number of nitrogens with zero attached hydrogens (tertiary/aromatic N) is 2. The molecule has 20 heavy (non-hydrogen) atoms. The highest BCUT2D eigenvalue weighted by molar-refractivity contribution is 7.09. The van der Waals surface area contributed by atoms with Crippen LogP contribution in [0.3, 0.4) is 0 Å². The zero-order valence-electron chi connectivity index (χ0n) is 13.1. The monoisotopic (exact) mass is 296 g/mol. The molecule has 0 amide bonds. The van der Waals surface area contributed by atoms with Crippen molar-refractivity contribution in [3.05, 3.63) is 22.4 Å². The number of nitrogens with one attached hydrogen (secondary N) is 2. The van der Waals surface area contributed by atoms with Crippen molar-refractivity contribution >= 4 is 17.3 Å². The molecule has 0 radical (unpaired) electrons. The van der Waals surface area contributed by atoms with Gasteiger partial charge in [-0.3, -0.25) is 4.99 Å². The molecule has 1 aromatic heterocycles. The summed E-state index contributed by atoms with van der Waals surface area (Å²) in [6.45, 7) is 7.42. The highest BCUT2D eigenvalue weighted by atomic mass is 32.1. The smallest absolute Gasteiger partial charge is 0.191 e. The van der Waals surface area contributed by atoms with E-state index >= 15 is 0 Å². The van der Waals surface area contributed by atoms with E-state index in [2.05, 4.69) is 58.9 Å². The summed E-state index contributed by atoms with van der Waals surface area (Å²) in [4.78, 5) is 7.94. The Morgan fingerprint density at radius 1 is 1.35 bits per heavy atom. The highest BCUT2D eigenvalue weighted by Gasteiger charge is 2.02. The summed E-state index contributed by atoms with van der Waals surface area (Å²) >= 11 is 1.76. The lowest BCUT2D eigenvalue weighted by atomic mass is 10.2. The van der Waals surface area contributed by atoms with Gasteiger partial charge in [0.25, 0.3) is 0 Å². The fraction of sp³-hybridized carbons (Fsp3) is 0.667. The Morgan fingerprint density at radius 3 is 2.75 bits per heavy atom. The van der Waals surface area contributed by atoms with Gasteiger partial charge in [0.05, 0.1) is 6.54 Å². The molecule has 0 spiro atoms. The third kappa shape index (κ3) is 6.91. The van der Waals surface area contributed by atoms with Crippen LogP contribution in [0.1, 0.15) is 31.6 Å². The number of guanidine groups is 1. The maximum absolute atomic E-state index is 4.24. The summed E-state index contributed by atoms with van der Waals surface area (Å²) in [5.41, 5.74) is 0. The third-order valence-corrected chi connectivity index (χ3v) is 4.22. The first kappa shape index (κ1) is 17.0. The predicted octanol–water partition coefficient (Wildman–Crippen LogP) is 2.53. The summed E-state index contributed by atoms with van der Waals surface area (Å²) in [6.07, 6.45) is 2.38. The first-order chi connectivity index (χ1) is 9.63. The fourth-order valence-electron chi connectivity index (χ4n) is 1.76. The highest BCUT2D eigenvalue weighted by Crippen LogP contribution is 2.07. The van der Waals surface area contributed by atoms with E-state index in [4.69, 9.17) is 0 Å². The van der Waals surface area contributed by atoms with E-state index in [0.29, 0.717) is 6.04 Å². The van der Waals surface area contributed by atoms with Crippen molar-refractivity contribution in [1.29, 1.82) is 0 Å². The predicted molar refractivity (Wildman–Crippen MR) is 89.5 cm³/mol. The number of hydrogen-bond donors (Lipinski definition) is 2. The van der Waals surface area contributed by atoms with Crippen LogP contribution in [0.5, 0.6) is 0 Å². The number of unbranched alkanes of at least 4 members (excludes halogenated alkanes) is 1. The van der Waals surface area contributed by atoms with Gasteiger partial charge in [-0.1, -0.05) is 6.07 Å². The largest absolute Gasteiger partial charge is 0.356 e.